The Bertz CT molecular complexity index is 437. The van der Waals surface area contributed by atoms with Crippen LogP contribution in [-0.4, -0.2) is 6.61 Å². The van der Waals surface area contributed by atoms with Crippen molar-refractivity contribution in [1.29, 1.82) is 5.26 Å². The van der Waals surface area contributed by atoms with Gasteiger partial charge >= 0.3 is 0 Å². The highest BCUT2D eigenvalue weighted by atomic mass is 35.5. The molecule has 84 valence electrons. The highest BCUT2D eigenvalue weighted by molar-refractivity contribution is 6.32. The van der Waals surface area contributed by atoms with Crippen molar-refractivity contribution in [2.75, 3.05) is 6.61 Å². The highest BCUT2D eigenvalue weighted by Crippen LogP contribution is 2.48. The topological polar surface area (TPSA) is 33.0 Å². The molecule has 0 N–H and O–H groups in total. The van der Waals surface area contributed by atoms with E-state index in [2.05, 4.69) is 6.07 Å². The lowest BCUT2D eigenvalue weighted by Crippen LogP contribution is -2.12. The molecule has 0 aromatic heterocycles. The molecule has 1 aromatic rings. The van der Waals surface area contributed by atoms with Crippen LogP contribution in [0, 0.1) is 22.6 Å². The monoisotopic (exact) mass is 239 g/mol. The lowest BCUT2D eigenvalue weighted by Gasteiger charge is -2.13. The van der Waals surface area contributed by atoms with E-state index in [4.69, 9.17) is 21.6 Å². The Labute approximate surface area is 98.6 Å². The Morgan fingerprint density at radius 2 is 2.25 bits per heavy atom. The summed E-state index contributed by atoms with van der Waals surface area (Å²) in [6.45, 7) is 0.478. The number of ether oxygens (including phenoxy) is 1. The molecule has 0 aliphatic heterocycles. The van der Waals surface area contributed by atoms with Gasteiger partial charge in [-0.05, 0) is 31.0 Å². The summed E-state index contributed by atoms with van der Waals surface area (Å²) in [4.78, 5) is 0. The van der Waals surface area contributed by atoms with Crippen molar-refractivity contribution in [3.8, 4) is 11.8 Å². The van der Waals surface area contributed by atoms with Crippen molar-refractivity contribution in [1.82, 2.24) is 0 Å². The predicted octanol–water partition coefficient (Wildman–Crippen LogP) is 3.55. The molecule has 16 heavy (non-hydrogen) atoms. The first-order valence-electron chi connectivity index (χ1n) is 5.10. The number of nitriles is 1. The Morgan fingerprint density at radius 1 is 1.50 bits per heavy atom. The molecule has 1 aliphatic carbocycles. The van der Waals surface area contributed by atoms with Gasteiger partial charge in [-0.1, -0.05) is 11.6 Å². The summed E-state index contributed by atoms with van der Waals surface area (Å²) in [7, 11) is 0. The van der Waals surface area contributed by atoms with Crippen LogP contribution >= 0.6 is 11.6 Å². The molecule has 0 amide bonds. The van der Waals surface area contributed by atoms with Gasteiger partial charge < -0.3 is 4.74 Å². The zero-order chi connectivity index (χ0) is 11.6. The number of rotatable bonds is 4. The van der Waals surface area contributed by atoms with E-state index in [-0.39, 0.29) is 16.3 Å². The largest absolute Gasteiger partial charge is 0.491 e. The summed E-state index contributed by atoms with van der Waals surface area (Å²) in [5.74, 6) is 0.0998. The lowest BCUT2D eigenvalue weighted by molar-refractivity contribution is 0.237. The van der Waals surface area contributed by atoms with Crippen molar-refractivity contribution in [3.05, 3.63) is 29.0 Å². The second kappa shape index (κ2) is 4.31. The van der Waals surface area contributed by atoms with Crippen molar-refractivity contribution < 1.29 is 9.13 Å². The summed E-state index contributed by atoms with van der Waals surface area (Å²) >= 11 is 5.83. The molecule has 0 unspecified atom stereocenters. The van der Waals surface area contributed by atoms with Crippen LogP contribution in [-0.2, 0) is 0 Å². The van der Waals surface area contributed by atoms with Crippen molar-refractivity contribution in [2.24, 2.45) is 5.41 Å². The van der Waals surface area contributed by atoms with E-state index < -0.39 is 0 Å². The van der Waals surface area contributed by atoms with Crippen molar-refractivity contribution >= 4 is 11.6 Å². The Kier molecular flexibility index (Phi) is 3.02. The van der Waals surface area contributed by atoms with E-state index in [0.29, 0.717) is 18.8 Å². The van der Waals surface area contributed by atoms with Crippen molar-refractivity contribution in [3.63, 3.8) is 0 Å². The molecule has 1 fully saturated rings. The van der Waals surface area contributed by atoms with Crippen molar-refractivity contribution in [2.45, 2.75) is 19.3 Å². The quantitative estimate of drug-likeness (QED) is 0.805. The summed E-state index contributed by atoms with van der Waals surface area (Å²) in [6.07, 6.45) is 2.53. The normalized spacial score (nSPS) is 16.6. The average Bonchev–Trinajstić information content (AvgIpc) is 2.98. The minimum Gasteiger partial charge on any atom is -0.491 e. The number of halogens is 2. The van der Waals surface area contributed by atoms with E-state index >= 15 is 0 Å². The molecule has 1 aromatic carbocycles. The van der Waals surface area contributed by atoms with Gasteiger partial charge in [-0.3, -0.25) is 0 Å². The number of hydrogen-bond donors (Lipinski definition) is 0. The minimum absolute atomic E-state index is 0.00641. The molecule has 4 heteroatoms. The number of benzene rings is 1. The zero-order valence-electron chi connectivity index (χ0n) is 8.67. The molecular formula is C12H11ClFNO. The molecule has 1 saturated carbocycles. The van der Waals surface area contributed by atoms with Gasteiger partial charge in [-0.2, -0.15) is 5.26 Å². The van der Waals surface area contributed by atoms with Crippen LogP contribution in [0.25, 0.3) is 0 Å². The van der Waals surface area contributed by atoms with Crippen LogP contribution in [0.4, 0.5) is 4.39 Å². The first-order chi connectivity index (χ1) is 7.65. The molecule has 0 saturated heterocycles. The van der Waals surface area contributed by atoms with Crippen LogP contribution in [0.3, 0.4) is 0 Å². The summed E-state index contributed by atoms with van der Waals surface area (Å²) in [5.41, 5.74) is 0.00641. The fourth-order valence-corrected chi connectivity index (χ4v) is 1.76. The van der Waals surface area contributed by atoms with Gasteiger partial charge in [0.25, 0.3) is 0 Å². The van der Waals surface area contributed by atoms with E-state index in [1.165, 1.54) is 18.2 Å². The zero-order valence-corrected chi connectivity index (χ0v) is 9.43. The molecule has 0 bridgehead atoms. The maximum Gasteiger partial charge on any atom is 0.138 e. The Hall–Kier alpha value is -1.27. The molecule has 0 spiro atoms. The van der Waals surface area contributed by atoms with Crippen LogP contribution in [0.15, 0.2) is 18.2 Å². The minimum atomic E-state index is -0.379. The molecule has 0 radical (unpaired) electrons. The van der Waals surface area contributed by atoms with Gasteiger partial charge in [0.2, 0.25) is 0 Å². The second-order valence-corrected chi connectivity index (χ2v) is 4.61. The van der Waals surface area contributed by atoms with Gasteiger partial charge in [0.15, 0.2) is 0 Å². The SMILES string of the molecule is N#CCC1(COc2ccc(F)cc2Cl)CC1. The first kappa shape index (κ1) is 11.2. The van der Waals surface area contributed by atoms with E-state index in [9.17, 15) is 4.39 Å². The lowest BCUT2D eigenvalue weighted by atomic mass is 10.1. The van der Waals surface area contributed by atoms with Crippen LogP contribution in [0.1, 0.15) is 19.3 Å². The summed E-state index contributed by atoms with van der Waals surface area (Å²) < 4.78 is 18.3. The van der Waals surface area contributed by atoms with E-state index in [0.717, 1.165) is 12.8 Å². The second-order valence-electron chi connectivity index (χ2n) is 4.20. The number of nitrogens with zero attached hydrogens (tertiary/aromatic N) is 1. The van der Waals surface area contributed by atoms with Crippen LogP contribution in [0.2, 0.25) is 5.02 Å². The van der Waals surface area contributed by atoms with Crippen LogP contribution < -0.4 is 4.74 Å². The van der Waals surface area contributed by atoms with Crippen LogP contribution in [0.5, 0.6) is 5.75 Å². The molecule has 2 rings (SSSR count). The molecule has 1 aliphatic rings. The highest BCUT2D eigenvalue weighted by Gasteiger charge is 2.43. The summed E-state index contributed by atoms with van der Waals surface area (Å²) in [6, 6.07) is 6.21. The van der Waals surface area contributed by atoms with Gasteiger partial charge in [-0.15, -0.1) is 0 Å². The molecule has 0 heterocycles. The third kappa shape index (κ3) is 2.45. The fourth-order valence-electron chi connectivity index (χ4n) is 1.54. The molecule has 2 nitrogen and oxygen atoms in total. The predicted molar refractivity (Wildman–Crippen MR) is 58.8 cm³/mol. The third-order valence-corrected chi connectivity index (χ3v) is 3.13. The van der Waals surface area contributed by atoms with Gasteiger partial charge in [0.1, 0.15) is 11.6 Å². The van der Waals surface area contributed by atoms with E-state index in [1.54, 1.807) is 0 Å². The molecule has 0 atom stereocenters. The standard InChI is InChI=1S/C12H11ClFNO/c13-10-7-9(14)1-2-11(10)16-8-12(3-4-12)5-6-15/h1-2,7H,3-5,8H2. The maximum atomic E-state index is 12.8. The van der Waals surface area contributed by atoms with Gasteiger partial charge in [-0.25, -0.2) is 4.39 Å². The smallest absolute Gasteiger partial charge is 0.138 e. The Morgan fingerprint density at radius 3 is 2.81 bits per heavy atom. The van der Waals surface area contributed by atoms with E-state index in [1.807, 2.05) is 0 Å². The maximum absolute atomic E-state index is 12.8. The molecular weight excluding hydrogens is 229 g/mol. The average molecular weight is 240 g/mol. The number of hydrogen-bond acceptors (Lipinski definition) is 2. The summed E-state index contributed by atoms with van der Waals surface area (Å²) in [5, 5.41) is 8.92. The van der Waals surface area contributed by atoms with Gasteiger partial charge in [0.05, 0.1) is 17.7 Å². The first-order valence-corrected chi connectivity index (χ1v) is 5.48. The fraction of sp³-hybridized carbons (Fsp3) is 0.417. The van der Waals surface area contributed by atoms with Gasteiger partial charge in [0, 0.05) is 11.8 Å². The third-order valence-electron chi connectivity index (χ3n) is 2.84. The Balaban J connectivity index is 1.98.